The van der Waals surface area contributed by atoms with Gasteiger partial charge >= 0.3 is 0 Å². The van der Waals surface area contributed by atoms with Gasteiger partial charge in [-0.15, -0.1) is 0 Å². The van der Waals surface area contributed by atoms with Gasteiger partial charge in [0.2, 0.25) is 0 Å². The summed E-state index contributed by atoms with van der Waals surface area (Å²) in [7, 11) is 0. The molecule has 0 N–H and O–H groups in total. The molecule has 0 spiro atoms. The molecule has 1 heterocycles. The second kappa shape index (κ2) is 4.12. The van der Waals surface area contributed by atoms with Gasteiger partial charge in [0.15, 0.2) is 6.29 Å². The van der Waals surface area contributed by atoms with Crippen molar-refractivity contribution in [1.82, 2.24) is 4.98 Å². The average molecular weight is 216 g/mol. The third-order valence-electron chi connectivity index (χ3n) is 1.96. The molecular formula is C12H6ClNO. The highest BCUT2D eigenvalue weighted by atomic mass is 35.5. The van der Waals surface area contributed by atoms with E-state index in [0.29, 0.717) is 11.3 Å². The fourth-order valence-corrected chi connectivity index (χ4v) is 1.52. The van der Waals surface area contributed by atoms with Crippen LogP contribution in [0.3, 0.4) is 0 Å². The van der Waals surface area contributed by atoms with Crippen molar-refractivity contribution in [3.63, 3.8) is 0 Å². The van der Waals surface area contributed by atoms with Crippen LogP contribution < -0.4 is 0 Å². The molecule has 0 aliphatic heterocycles. The molecule has 0 unspecified atom stereocenters. The van der Waals surface area contributed by atoms with Crippen molar-refractivity contribution in [2.45, 2.75) is 0 Å². The number of nitrogens with zero attached hydrogens (tertiary/aromatic N) is 1. The van der Waals surface area contributed by atoms with Crippen LogP contribution in [-0.4, -0.2) is 11.3 Å². The normalized spacial score (nSPS) is 9.40. The van der Waals surface area contributed by atoms with Crippen molar-refractivity contribution >= 4 is 28.8 Å². The number of rotatable bonds is 0. The quantitative estimate of drug-likeness (QED) is 0.499. The summed E-state index contributed by atoms with van der Waals surface area (Å²) in [6.45, 7) is 0. The molecule has 3 heteroatoms. The fraction of sp³-hybridized carbons (Fsp3) is 0. The Morgan fingerprint density at radius 3 is 3.00 bits per heavy atom. The molecule has 0 amide bonds. The topological polar surface area (TPSA) is 30.0 Å². The van der Waals surface area contributed by atoms with Crippen LogP contribution in [-0.2, 0) is 4.79 Å². The predicted octanol–water partition coefficient (Wildman–Crippen LogP) is 2.44. The zero-order valence-corrected chi connectivity index (χ0v) is 8.45. The highest BCUT2D eigenvalue weighted by Gasteiger charge is 1.99. The van der Waals surface area contributed by atoms with Crippen molar-refractivity contribution in [3.8, 4) is 11.8 Å². The summed E-state index contributed by atoms with van der Waals surface area (Å²) in [6.07, 6.45) is 2.21. The number of halogens is 1. The SMILES string of the molecule is O=CC#Cc1ccc2c(Cl)ccnc2c1. The van der Waals surface area contributed by atoms with E-state index in [1.807, 2.05) is 12.1 Å². The Balaban J connectivity index is 2.62. The minimum absolute atomic E-state index is 0.565. The number of aldehydes is 1. The van der Waals surface area contributed by atoms with Crippen LogP contribution in [0.25, 0.3) is 10.9 Å². The van der Waals surface area contributed by atoms with Crippen LogP contribution in [0, 0.1) is 11.8 Å². The Morgan fingerprint density at radius 2 is 2.20 bits per heavy atom. The van der Waals surface area contributed by atoms with Gasteiger partial charge in [-0.25, -0.2) is 0 Å². The third kappa shape index (κ3) is 1.98. The van der Waals surface area contributed by atoms with Crippen LogP contribution >= 0.6 is 11.6 Å². The molecule has 0 aliphatic rings. The molecule has 0 atom stereocenters. The van der Waals surface area contributed by atoms with Crippen molar-refractivity contribution in [2.24, 2.45) is 0 Å². The number of hydrogen-bond donors (Lipinski definition) is 0. The lowest BCUT2D eigenvalue weighted by atomic mass is 10.1. The van der Waals surface area contributed by atoms with Crippen molar-refractivity contribution in [2.75, 3.05) is 0 Å². The van der Waals surface area contributed by atoms with E-state index in [1.165, 1.54) is 0 Å². The van der Waals surface area contributed by atoms with Gasteiger partial charge in [-0.05, 0) is 24.1 Å². The Hall–Kier alpha value is -1.85. The van der Waals surface area contributed by atoms with E-state index >= 15 is 0 Å². The number of fused-ring (bicyclic) bond motifs is 1. The Morgan fingerprint density at radius 1 is 1.33 bits per heavy atom. The monoisotopic (exact) mass is 215 g/mol. The molecule has 1 aromatic heterocycles. The fourth-order valence-electron chi connectivity index (χ4n) is 1.30. The first kappa shape index (κ1) is 9.70. The van der Waals surface area contributed by atoms with E-state index in [-0.39, 0.29) is 0 Å². The molecule has 0 aliphatic carbocycles. The molecule has 0 saturated heterocycles. The molecule has 72 valence electrons. The van der Waals surface area contributed by atoms with Gasteiger partial charge in [-0.3, -0.25) is 9.78 Å². The molecule has 2 rings (SSSR count). The van der Waals surface area contributed by atoms with E-state index in [4.69, 9.17) is 11.6 Å². The van der Waals surface area contributed by atoms with Crippen LogP contribution in [0.1, 0.15) is 5.56 Å². The summed E-state index contributed by atoms with van der Waals surface area (Å²) in [4.78, 5) is 14.3. The summed E-state index contributed by atoms with van der Waals surface area (Å²) in [5, 5.41) is 1.55. The summed E-state index contributed by atoms with van der Waals surface area (Å²) in [6, 6.07) is 7.20. The van der Waals surface area contributed by atoms with Gasteiger partial charge in [0.05, 0.1) is 10.5 Å². The van der Waals surface area contributed by atoms with E-state index in [2.05, 4.69) is 16.8 Å². The van der Waals surface area contributed by atoms with Crippen LogP contribution in [0.4, 0.5) is 0 Å². The largest absolute Gasteiger partial charge is 0.289 e. The van der Waals surface area contributed by atoms with Crippen molar-refractivity contribution < 1.29 is 4.79 Å². The number of pyridine rings is 1. The molecule has 0 saturated carbocycles. The minimum Gasteiger partial charge on any atom is -0.289 e. The van der Waals surface area contributed by atoms with Gasteiger partial charge < -0.3 is 0 Å². The first-order valence-corrected chi connectivity index (χ1v) is 4.68. The molecule has 0 bridgehead atoms. The maximum Gasteiger partial charge on any atom is 0.193 e. The first-order valence-electron chi connectivity index (χ1n) is 4.31. The minimum atomic E-state index is 0.565. The standard InChI is InChI=1S/C12H6ClNO/c13-11-5-6-14-12-8-9(2-1-7-15)3-4-10(11)12/h3-8H. The molecule has 1 aromatic carbocycles. The summed E-state index contributed by atoms with van der Waals surface area (Å²) in [5.74, 6) is 5.06. The van der Waals surface area contributed by atoms with Crippen LogP contribution in [0.5, 0.6) is 0 Å². The van der Waals surface area contributed by atoms with Crippen LogP contribution in [0.2, 0.25) is 5.02 Å². The average Bonchev–Trinajstić information content (AvgIpc) is 2.26. The Bertz CT molecular complexity index is 581. The van der Waals surface area contributed by atoms with Crippen molar-refractivity contribution in [3.05, 3.63) is 41.0 Å². The van der Waals surface area contributed by atoms with Gasteiger partial charge in [-0.1, -0.05) is 23.6 Å². The summed E-state index contributed by atoms with van der Waals surface area (Å²) in [5.41, 5.74) is 1.53. The summed E-state index contributed by atoms with van der Waals surface area (Å²) >= 11 is 5.98. The summed E-state index contributed by atoms with van der Waals surface area (Å²) < 4.78 is 0. The number of hydrogen-bond acceptors (Lipinski definition) is 2. The second-order valence-electron chi connectivity index (χ2n) is 2.91. The van der Waals surface area contributed by atoms with E-state index in [1.54, 1.807) is 18.3 Å². The van der Waals surface area contributed by atoms with Crippen LogP contribution in [0.15, 0.2) is 30.5 Å². The zero-order valence-electron chi connectivity index (χ0n) is 7.70. The molecular weight excluding hydrogens is 210 g/mol. The van der Waals surface area contributed by atoms with E-state index < -0.39 is 0 Å². The van der Waals surface area contributed by atoms with Gasteiger partial charge in [-0.2, -0.15) is 0 Å². The second-order valence-corrected chi connectivity index (χ2v) is 3.32. The third-order valence-corrected chi connectivity index (χ3v) is 2.29. The first-order chi connectivity index (χ1) is 7.31. The molecule has 2 nitrogen and oxygen atoms in total. The molecule has 0 fully saturated rings. The van der Waals surface area contributed by atoms with Gasteiger partial charge in [0.25, 0.3) is 0 Å². The number of aromatic nitrogens is 1. The highest BCUT2D eigenvalue weighted by Crippen LogP contribution is 2.21. The maximum absolute atomic E-state index is 10.1. The van der Waals surface area contributed by atoms with Gasteiger partial charge in [0, 0.05) is 17.1 Å². The molecule has 15 heavy (non-hydrogen) atoms. The predicted molar refractivity (Wildman–Crippen MR) is 59.7 cm³/mol. The lowest BCUT2D eigenvalue weighted by Gasteiger charge is -1.99. The number of benzene rings is 1. The van der Waals surface area contributed by atoms with E-state index in [0.717, 1.165) is 16.5 Å². The van der Waals surface area contributed by atoms with E-state index in [9.17, 15) is 4.79 Å². The van der Waals surface area contributed by atoms with Crippen molar-refractivity contribution in [1.29, 1.82) is 0 Å². The number of carbonyl (C=O) groups is 1. The maximum atomic E-state index is 10.1. The molecule has 0 radical (unpaired) electrons. The zero-order chi connectivity index (χ0) is 10.7. The number of carbonyl (C=O) groups excluding carboxylic acids is 1. The molecule has 2 aromatic rings. The lowest BCUT2D eigenvalue weighted by Crippen LogP contribution is -1.81. The highest BCUT2D eigenvalue weighted by molar-refractivity contribution is 6.35. The smallest absolute Gasteiger partial charge is 0.193 e. The Kier molecular flexibility index (Phi) is 2.66. The van der Waals surface area contributed by atoms with Gasteiger partial charge in [0.1, 0.15) is 0 Å². The Labute approximate surface area is 91.9 Å². The lowest BCUT2D eigenvalue weighted by molar-refractivity contribution is -0.103.